The normalized spacial score (nSPS) is 18.0. The largest absolute Gasteiger partial charge is 0.493 e. The van der Waals surface area contributed by atoms with Crippen LogP contribution in [0.1, 0.15) is 68.7 Å². The zero-order valence-electron chi connectivity index (χ0n) is 23.4. The number of carbonyl (C=O) groups excluding carboxylic acids is 2. The van der Waals surface area contributed by atoms with E-state index in [-0.39, 0.29) is 42.9 Å². The van der Waals surface area contributed by atoms with E-state index in [1.165, 1.54) is 0 Å². The molecule has 1 atom stereocenters. The Bertz CT molecular complexity index is 1240. The van der Waals surface area contributed by atoms with E-state index in [9.17, 15) is 41.0 Å². The Labute approximate surface area is 245 Å². The molecular weight excluding hydrogens is 590 g/mol. The van der Waals surface area contributed by atoms with Crippen molar-refractivity contribution >= 4 is 23.5 Å². The number of nitrogens with zero attached hydrogens (tertiary/aromatic N) is 1. The second-order valence-electron chi connectivity index (χ2n) is 10.4. The average molecular weight is 623 g/mol. The van der Waals surface area contributed by atoms with Crippen molar-refractivity contribution in [3.63, 3.8) is 0 Å². The number of carbonyl (C=O) groups is 2. The molecule has 3 rings (SSSR count). The third kappa shape index (κ3) is 6.49. The van der Waals surface area contributed by atoms with Crippen molar-refractivity contribution in [1.82, 2.24) is 10.2 Å². The van der Waals surface area contributed by atoms with Gasteiger partial charge in [0.25, 0.3) is 11.5 Å². The van der Waals surface area contributed by atoms with Crippen LogP contribution in [0.15, 0.2) is 36.4 Å². The number of aryl methyl sites for hydroxylation is 2. The molecule has 0 spiro atoms. The summed E-state index contributed by atoms with van der Waals surface area (Å²) in [6, 6.07) is 7.38. The molecule has 1 unspecified atom stereocenters. The number of halogens is 7. The van der Waals surface area contributed by atoms with Gasteiger partial charge in [-0.1, -0.05) is 50.4 Å². The number of ether oxygens (including phenoxy) is 1. The number of alkyl halides is 6. The maximum Gasteiger partial charge on any atom is 0.430 e. The highest BCUT2D eigenvalue weighted by molar-refractivity contribution is 6.30. The van der Waals surface area contributed by atoms with Crippen molar-refractivity contribution in [2.75, 3.05) is 13.2 Å². The van der Waals surface area contributed by atoms with Gasteiger partial charge in [0.15, 0.2) is 0 Å². The minimum atomic E-state index is -6.00. The van der Waals surface area contributed by atoms with Gasteiger partial charge in [-0.25, -0.2) is 4.79 Å². The van der Waals surface area contributed by atoms with Crippen molar-refractivity contribution in [3.05, 3.63) is 63.7 Å². The lowest BCUT2D eigenvalue weighted by Crippen LogP contribution is -2.54. The third-order valence-corrected chi connectivity index (χ3v) is 7.49. The third-order valence-electron chi connectivity index (χ3n) is 7.24. The van der Waals surface area contributed by atoms with Gasteiger partial charge >= 0.3 is 18.4 Å². The van der Waals surface area contributed by atoms with Crippen LogP contribution in [-0.2, 0) is 28.8 Å². The number of hydrogen-bond acceptors (Lipinski definition) is 4. The Morgan fingerprint density at radius 1 is 0.929 bits per heavy atom. The number of urea groups is 1. The zero-order chi connectivity index (χ0) is 31.5. The van der Waals surface area contributed by atoms with Gasteiger partial charge in [0, 0.05) is 17.1 Å². The first kappa shape index (κ1) is 33.5. The van der Waals surface area contributed by atoms with Gasteiger partial charge in [-0.2, -0.15) is 26.3 Å². The van der Waals surface area contributed by atoms with Crippen molar-refractivity contribution in [3.8, 4) is 5.75 Å². The molecule has 1 heterocycles. The van der Waals surface area contributed by atoms with Crippen molar-refractivity contribution in [1.29, 1.82) is 0 Å². The van der Waals surface area contributed by atoms with Crippen molar-refractivity contribution in [2.24, 2.45) is 0 Å². The summed E-state index contributed by atoms with van der Waals surface area (Å²) in [4.78, 5) is 26.7. The molecule has 13 heteroatoms. The average Bonchev–Trinajstić information content (AvgIpc) is 3.11. The van der Waals surface area contributed by atoms with E-state index < -0.39 is 41.0 Å². The lowest BCUT2D eigenvalue weighted by atomic mass is 9.87. The molecule has 2 N–H and O–H groups in total. The first-order valence-corrected chi connectivity index (χ1v) is 13.9. The monoisotopic (exact) mass is 622 g/mol. The Balaban J connectivity index is 1.75. The molecule has 1 aliphatic rings. The SMILES string of the molecule is CCCc1cc(C(O)(C(F)(F)F)C(F)(F)F)cc(CCC)c1OCCCCN1C(=O)NC(C)(c2ccc(Cl)cc2)C1=O. The van der Waals surface area contributed by atoms with Gasteiger partial charge in [-0.3, -0.25) is 9.69 Å². The summed E-state index contributed by atoms with van der Waals surface area (Å²) in [6.07, 6.45) is -10.3. The molecule has 1 aliphatic heterocycles. The Hall–Kier alpha value is -2.99. The molecule has 0 bridgehead atoms. The lowest BCUT2D eigenvalue weighted by molar-refractivity contribution is -0.376. The number of imide groups is 1. The van der Waals surface area contributed by atoms with Crippen molar-refractivity contribution in [2.45, 2.75) is 82.8 Å². The Kier molecular flexibility index (Phi) is 10.1. The second kappa shape index (κ2) is 12.7. The van der Waals surface area contributed by atoms with Crippen LogP contribution in [0.3, 0.4) is 0 Å². The molecule has 1 saturated heterocycles. The molecule has 3 amide bonds. The standard InChI is InChI=1S/C29H33ClF6N2O4/c1-4-8-18-16-21(27(41,28(31,32)33)29(34,35)36)17-19(9-5-2)23(18)42-15-7-6-14-38-24(39)26(3,37-25(38)40)20-10-12-22(30)13-11-20/h10-13,16-17,41H,4-9,14-15H2,1-3H3,(H,37,40). The van der Waals surface area contributed by atoms with Gasteiger partial charge in [-0.05, 0) is 73.6 Å². The number of rotatable bonds is 12. The maximum atomic E-state index is 13.6. The predicted molar refractivity (Wildman–Crippen MR) is 144 cm³/mol. The predicted octanol–water partition coefficient (Wildman–Crippen LogP) is 7.18. The van der Waals surface area contributed by atoms with Gasteiger partial charge in [0.1, 0.15) is 11.3 Å². The molecule has 1 fully saturated rings. The molecule has 232 valence electrons. The number of nitrogens with one attached hydrogen (secondary N) is 1. The van der Waals surface area contributed by atoms with E-state index in [2.05, 4.69) is 5.32 Å². The Morgan fingerprint density at radius 3 is 1.93 bits per heavy atom. The highest BCUT2D eigenvalue weighted by Crippen LogP contribution is 2.51. The first-order chi connectivity index (χ1) is 19.5. The van der Waals surface area contributed by atoms with Crippen molar-refractivity contribution < 1.29 is 45.8 Å². The number of amides is 3. The fraction of sp³-hybridized carbons (Fsp3) is 0.517. The molecule has 0 saturated carbocycles. The summed E-state index contributed by atoms with van der Waals surface area (Å²) in [6.45, 7) is 5.13. The smallest absolute Gasteiger partial charge is 0.430 e. The fourth-order valence-corrected chi connectivity index (χ4v) is 5.10. The zero-order valence-corrected chi connectivity index (χ0v) is 24.1. The number of unbranched alkanes of at least 4 members (excludes halogenated alkanes) is 1. The fourth-order valence-electron chi connectivity index (χ4n) is 4.97. The highest BCUT2D eigenvalue weighted by atomic mass is 35.5. The van der Waals surface area contributed by atoms with Gasteiger partial charge in [-0.15, -0.1) is 0 Å². The second-order valence-corrected chi connectivity index (χ2v) is 10.8. The van der Waals surface area contributed by atoms with E-state index in [4.69, 9.17) is 16.3 Å². The van der Waals surface area contributed by atoms with Gasteiger partial charge in [0.2, 0.25) is 0 Å². The number of benzene rings is 2. The molecule has 2 aromatic rings. The molecule has 6 nitrogen and oxygen atoms in total. The number of aliphatic hydroxyl groups is 1. The summed E-state index contributed by atoms with van der Waals surface area (Å²) < 4.78 is 87.4. The quantitative estimate of drug-likeness (QED) is 0.149. The number of hydrogen-bond donors (Lipinski definition) is 2. The van der Waals surface area contributed by atoms with Crippen LogP contribution in [0.2, 0.25) is 5.02 Å². The van der Waals surface area contributed by atoms with Crippen LogP contribution >= 0.6 is 11.6 Å². The molecule has 0 radical (unpaired) electrons. The first-order valence-electron chi connectivity index (χ1n) is 13.6. The minimum Gasteiger partial charge on any atom is -0.493 e. The lowest BCUT2D eigenvalue weighted by Gasteiger charge is -2.33. The summed E-state index contributed by atoms with van der Waals surface area (Å²) in [5, 5.41) is 13.2. The van der Waals surface area contributed by atoms with Crippen LogP contribution < -0.4 is 10.1 Å². The maximum absolute atomic E-state index is 13.6. The minimum absolute atomic E-state index is 0.0354. The van der Waals surface area contributed by atoms with E-state index in [0.29, 0.717) is 48.4 Å². The summed E-state index contributed by atoms with van der Waals surface area (Å²) in [5.41, 5.74) is -6.79. The van der Waals surface area contributed by atoms with Crippen LogP contribution in [0, 0.1) is 0 Å². The molecule has 0 aliphatic carbocycles. The Morgan fingerprint density at radius 2 is 1.45 bits per heavy atom. The van der Waals surface area contributed by atoms with E-state index >= 15 is 0 Å². The summed E-state index contributed by atoms with van der Waals surface area (Å²) in [7, 11) is 0. The van der Waals surface area contributed by atoms with Crippen LogP contribution in [0.5, 0.6) is 5.75 Å². The van der Waals surface area contributed by atoms with Crippen LogP contribution in [0.4, 0.5) is 31.1 Å². The molecule has 42 heavy (non-hydrogen) atoms. The highest BCUT2D eigenvalue weighted by Gasteiger charge is 2.71. The topological polar surface area (TPSA) is 78.9 Å². The van der Waals surface area contributed by atoms with E-state index in [0.717, 1.165) is 4.90 Å². The summed E-state index contributed by atoms with van der Waals surface area (Å²) in [5.74, 6) is -0.261. The molecule has 0 aromatic heterocycles. The van der Waals surface area contributed by atoms with E-state index in [1.807, 2.05) is 0 Å². The van der Waals surface area contributed by atoms with Gasteiger partial charge < -0.3 is 15.2 Å². The molecular formula is C29H33ClF6N2O4. The van der Waals surface area contributed by atoms with Crippen LogP contribution in [0.25, 0.3) is 0 Å². The van der Waals surface area contributed by atoms with Crippen LogP contribution in [-0.4, -0.2) is 47.4 Å². The van der Waals surface area contributed by atoms with Gasteiger partial charge in [0.05, 0.1) is 6.61 Å². The van der Waals surface area contributed by atoms with E-state index in [1.54, 1.807) is 45.0 Å². The summed E-state index contributed by atoms with van der Waals surface area (Å²) >= 11 is 5.92. The molecule has 2 aromatic carbocycles.